The molecule has 0 aliphatic carbocycles. The van der Waals surface area contributed by atoms with Gasteiger partial charge in [-0.1, -0.05) is 0 Å². The molecule has 0 fully saturated rings. The summed E-state index contributed by atoms with van der Waals surface area (Å²) in [5, 5.41) is 7.30. The fourth-order valence-electron chi connectivity index (χ4n) is 0.466. The van der Waals surface area contributed by atoms with E-state index < -0.39 is 5.54 Å². The first-order valence-electron chi connectivity index (χ1n) is 2.78. The maximum Gasteiger partial charge on any atom is 0.284 e. The molecule has 56 valence electrons. The lowest BCUT2D eigenvalue weighted by Crippen LogP contribution is -2.28. The van der Waals surface area contributed by atoms with Gasteiger partial charge in [0.05, 0.1) is 5.54 Å². The van der Waals surface area contributed by atoms with Crippen LogP contribution in [0.4, 0.5) is 0 Å². The zero-order valence-electron chi connectivity index (χ0n) is 5.76. The van der Waals surface area contributed by atoms with E-state index >= 15 is 0 Å². The van der Waals surface area contributed by atoms with Crippen molar-refractivity contribution in [1.29, 1.82) is 0 Å². The van der Waals surface area contributed by atoms with Gasteiger partial charge in [0.15, 0.2) is 0 Å². The predicted molar refractivity (Wildman–Crippen MR) is 39.2 cm³/mol. The van der Waals surface area contributed by atoms with Crippen LogP contribution in [-0.4, -0.2) is 10.2 Å². The minimum absolute atomic E-state index is 0.362. The molecule has 0 aromatic carbocycles. The van der Waals surface area contributed by atoms with E-state index in [1.165, 1.54) is 0 Å². The fraction of sp³-hybridized carbons (Fsp3) is 0.600. The van der Waals surface area contributed by atoms with Crippen molar-refractivity contribution in [1.82, 2.24) is 10.2 Å². The summed E-state index contributed by atoms with van der Waals surface area (Å²) in [4.78, 5) is 0.362. The lowest BCUT2D eigenvalue weighted by Gasteiger charge is -2.10. The zero-order valence-corrected chi connectivity index (χ0v) is 7.34. The van der Waals surface area contributed by atoms with Gasteiger partial charge < -0.3 is 10.2 Å². The summed E-state index contributed by atoms with van der Waals surface area (Å²) in [7, 11) is 0. The number of aromatic nitrogens is 2. The van der Waals surface area contributed by atoms with Crippen molar-refractivity contribution >= 4 is 15.9 Å². The van der Waals surface area contributed by atoms with Gasteiger partial charge in [-0.2, -0.15) is 0 Å². The second kappa shape index (κ2) is 2.32. The molecule has 1 rings (SSSR count). The molecule has 0 amide bonds. The third kappa shape index (κ3) is 1.54. The van der Waals surface area contributed by atoms with Crippen LogP contribution >= 0.6 is 15.9 Å². The first kappa shape index (κ1) is 7.68. The third-order valence-electron chi connectivity index (χ3n) is 0.952. The molecule has 4 nitrogen and oxygen atoms in total. The molecule has 1 aromatic rings. The smallest absolute Gasteiger partial charge is 0.284 e. The van der Waals surface area contributed by atoms with Crippen LogP contribution in [-0.2, 0) is 5.54 Å². The van der Waals surface area contributed by atoms with Gasteiger partial charge in [0.2, 0.25) is 5.89 Å². The van der Waals surface area contributed by atoms with Crippen molar-refractivity contribution in [2.24, 2.45) is 5.73 Å². The van der Waals surface area contributed by atoms with Crippen molar-refractivity contribution < 1.29 is 4.42 Å². The Hall–Kier alpha value is -0.420. The van der Waals surface area contributed by atoms with Gasteiger partial charge in [-0.05, 0) is 13.8 Å². The van der Waals surface area contributed by atoms with E-state index in [0.29, 0.717) is 10.7 Å². The number of halogens is 1. The summed E-state index contributed by atoms with van der Waals surface area (Å²) in [6.45, 7) is 3.60. The molecule has 2 N–H and O–H groups in total. The van der Waals surface area contributed by atoms with Crippen molar-refractivity contribution in [3.8, 4) is 0 Å². The lowest BCUT2D eigenvalue weighted by molar-refractivity contribution is 0.368. The number of hydrogen-bond acceptors (Lipinski definition) is 4. The zero-order chi connectivity index (χ0) is 7.78. The Morgan fingerprint density at radius 1 is 1.50 bits per heavy atom. The molecule has 0 bridgehead atoms. The van der Waals surface area contributed by atoms with Crippen molar-refractivity contribution in [3.63, 3.8) is 0 Å². The lowest BCUT2D eigenvalue weighted by atomic mass is 10.1. The Balaban J connectivity index is 2.96. The molecule has 0 saturated heterocycles. The Morgan fingerprint density at radius 2 is 2.10 bits per heavy atom. The Kier molecular flexibility index (Phi) is 1.78. The average molecular weight is 206 g/mol. The second-order valence-corrected chi connectivity index (χ2v) is 3.26. The molecule has 1 heterocycles. The summed E-state index contributed by atoms with van der Waals surface area (Å²) in [5.41, 5.74) is 5.10. The standard InChI is InChI=1S/C5H8BrN3O/c1-5(2,7)3-8-9-4(6)10-3/h7H2,1-2H3. The predicted octanol–water partition coefficient (Wildman–Crippen LogP) is 1.03. The van der Waals surface area contributed by atoms with E-state index in [0.717, 1.165) is 0 Å². The molecule has 0 unspecified atom stereocenters. The van der Waals surface area contributed by atoms with E-state index in [-0.39, 0.29) is 0 Å². The highest BCUT2D eigenvalue weighted by Crippen LogP contribution is 2.16. The molecule has 0 saturated carbocycles. The highest BCUT2D eigenvalue weighted by Gasteiger charge is 2.20. The maximum atomic E-state index is 5.65. The van der Waals surface area contributed by atoms with Crippen LogP contribution in [0.2, 0.25) is 0 Å². The summed E-state index contributed by atoms with van der Waals surface area (Å²) in [6, 6.07) is 0. The maximum absolute atomic E-state index is 5.65. The summed E-state index contributed by atoms with van der Waals surface area (Å²) < 4.78 is 5.02. The van der Waals surface area contributed by atoms with E-state index in [1.807, 2.05) is 0 Å². The molecule has 0 aliphatic rings. The SMILES string of the molecule is CC(C)(N)c1nnc(Br)o1. The van der Waals surface area contributed by atoms with Gasteiger partial charge in [-0.25, -0.2) is 0 Å². The molecule has 10 heavy (non-hydrogen) atoms. The third-order valence-corrected chi connectivity index (χ3v) is 1.27. The van der Waals surface area contributed by atoms with E-state index in [1.54, 1.807) is 13.8 Å². The normalized spacial score (nSPS) is 12.0. The summed E-state index contributed by atoms with van der Waals surface area (Å²) in [5.74, 6) is 0.430. The highest BCUT2D eigenvalue weighted by molar-refractivity contribution is 9.10. The number of hydrogen-bond donors (Lipinski definition) is 1. The molecule has 0 radical (unpaired) electrons. The quantitative estimate of drug-likeness (QED) is 0.744. The molecule has 5 heteroatoms. The second-order valence-electron chi connectivity index (χ2n) is 2.58. The molecular formula is C5H8BrN3O. The van der Waals surface area contributed by atoms with E-state index in [9.17, 15) is 0 Å². The largest absolute Gasteiger partial charge is 0.414 e. The van der Waals surface area contributed by atoms with Crippen molar-refractivity contribution in [3.05, 3.63) is 10.7 Å². The Morgan fingerprint density at radius 3 is 2.30 bits per heavy atom. The van der Waals surface area contributed by atoms with Gasteiger partial charge in [0.1, 0.15) is 0 Å². The van der Waals surface area contributed by atoms with E-state index in [4.69, 9.17) is 10.2 Å². The van der Waals surface area contributed by atoms with Crippen LogP contribution in [0.5, 0.6) is 0 Å². The van der Waals surface area contributed by atoms with Crippen molar-refractivity contribution in [2.75, 3.05) is 0 Å². The van der Waals surface area contributed by atoms with Crippen LogP contribution in [0.25, 0.3) is 0 Å². The number of rotatable bonds is 1. The summed E-state index contributed by atoms with van der Waals surface area (Å²) >= 11 is 3.03. The minimum atomic E-state index is -0.557. The van der Waals surface area contributed by atoms with Crippen LogP contribution in [0.1, 0.15) is 19.7 Å². The Bertz CT molecular complexity index is 227. The van der Waals surface area contributed by atoms with Crippen LogP contribution < -0.4 is 5.73 Å². The average Bonchev–Trinajstić information content (AvgIpc) is 2.11. The van der Waals surface area contributed by atoms with Crippen molar-refractivity contribution in [2.45, 2.75) is 19.4 Å². The van der Waals surface area contributed by atoms with Gasteiger partial charge in [-0.15, -0.1) is 10.2 Å². The highest BCUT2D eigenvalue weighted by atomic mass is 79.9. The summed E-state index contributed by atoms with van der Waals surface area (Å²) in [6.07, 6.45) is 0. The molecule has 0 spiro atoms. The van der Waals surface area contributed by atoms with Crippen LogP contribution in [0, 0.1) is 0 Å². The number of nitrogens with zero attached hydrogens (tertiary/aromatic N) is 2. The topological polar surface area (TPSA) is 64.9 Å². The fourth-order valence-corrected chi connectivity index (χ4v) is 0.698. The number of nitrogens with two attached hydrogens (primary N) is 1. The van der Waals surface area contributed by atoms with E-state index in [2.05, 4.69) is 26.1 Å². The first-order valence-corrected chi connectivity index (χ1v) is 3.58. The molecule has 0 atom stereocenters. The van der Waals surface area contributed by atoms with Crippen LogP contribution in [0.3, 0.4) is 0 Å². The first-order chi connectivity index (χ1) is 4.50. The van der Waals surface area contributed by atoms with Gasteiger partial charge in [0, 0.05) is 15.9 Å². The monoisotopic (exact) mass is 205 g/mol. The van der Waals surface area contributed by atoms with Gasteiger partial charge in [0.25, 0.3) is 4.80 Å². The molecule has 1 aromatic heterocycles. The van der Waals surface area contributed by atoms with Gasteiger partial charge >= 0.3 is 0 Å². The van der Waals surface area contributed by atoms with Crippen LogP contribution in [0.15, 0.2) is 9.22 Å². The van der Waals surface area contributed by atoms with Gasteiger partial charge in [-0.3, -0.25) is 0 Å². The molecular weight excluding hydrogens is 198 g/mol. The molecule has 0 aliphatic heterocycles. The Labute approximate surface area is 66.9 Å². The minimum Gasteiger partial charge on any atom is -0.414 e.